The third kappa shape index (κ3) is 3.48. The Morgan fingerprint density at radius 2 is 1.55 bits per heavy atom. The predicted molar refractivity (Wildman–Crippen MR) is 54.2 cm³/mol. The van der Waals surface area contributed by atoms with E-state index >= 15 is 0 Å². The van der Waals surface area contributed by atoms with Gasteiger partial charge in [0.15, 0.2) is 0 Å². The van der Waals surface area contributed by atoms with E-state index in [1.165, 1.54) is 0 Å². The van der Waals surface area contributed by atoms with Crippen molar-refractivity contribution >= 4 is 17.7 Å². The Balaban J connectivity index is 4.09. The summed E-state index contributed by atoms with van der Waals surface area (Å²) in [5.74, 6) is 0. The Bertz CT molecular complexity index is 107. The van der Waals surface area contributed by atoms with Crippen LogP contribution >= 0.6 is 11.5 Å². The average molecular weight is 176 g/mol. The van der Waals surface area contributed by atoms with Crippen LogP contribution in [-0.2, 0) is 0 Å². The predicted octanol–water partition coefficient (Wildman–Crippen LogP) is 2.86. The first-order chi connectivity index (χ1) is 4.93. The molecule has 0 saturated heterocycles. The van der Waals surface area contributed by atoms with Gasteiger partial charge >= 0.3 is 6.26 Å². The van der Waals surface area contributed by atoms with E-state index < -0.39 is 0 Å². The highest BCUT2D eigenvalue weighted by atomic mass is 35.5. The van der Waals surface area contributed by atoms with Crippen molar-refractivity contribution in [1.29, 1.82) is 0 Å². The van der Waals surface area contributed by atoms with Crippen LogP contribution in [0.5, 0.6) is 0 Å². The largest absolute Gasteiger partial charge is 0.336 e. The van der Waals surface area contributed by atoms with Crippen LogP contribution in [0, 0.1) is 0 Å². The molecule has 0 atom stereocenters. The lowest BCUT2D eigenvalue weighted by atomic mass is 9.61. The van der Waals surface area contributed by atoms with Crippen molar-refractivity contribution in [3.63, 3.8) is 0 Å². The van der Waals surface area contributed by atoms with Crippen molar-refractivity contribution in [3.8, 4) is 0 Å². The molecule has 0 aliphatic carbocycles. The molecule has 0 spiro atoms. The summed E-state index contributed by atoms with van der Waals surface area (Å²) in [5, 5.41) is 0.174. The molecule has 0 radical (unpaired) electrons. The summed E-state index contributed by atoms with van der Waals surface area (Å²) < 4.78 is 0. The zero-order valence-corrected chi connectivity index (χ0v) is 9.07. The van der Waals surface area contributed by atoms with Crippen LogP contribution in [0.2, 0.25) is 5.31 Å². The molecule has 0 unspecified atom stereocenters. The van der Waals surface area contributed by atoms with Gasteiger partial charge in [0.1, 0.15) is 0 Å². The number of rotatable bonds is 3. The number of nitrogens with zero attached hydrogens (tertiary/aromatic N) is 1. The topological polar surface area (TPSA) is 3.24 Å². The van der Waals surface area contributed by atoms with Crippen molar-refractivity contribution < 1.29 is 0 Å². The van der Waals surface area contributed by atoms with E-state index in [0.717, 1.165) is 13.1 Å². The summed E-state index contributed by atoms with van der Waals surface area (Å²) in [6.45, 7) is 12.9. The van der Waals surface area contributed by atoms with Crippen LogP contribution in [0.15, 0.2) is 0 Å². The fourth-order valence-corrected chi connectivity index (χ4v) is 1.37. The molecule has 0 rings (SSSR count). The maximum absolute atomic E-state index is 6.25. The minimum Gasteiger partial charge on any atom is -0.329 e. The van der Waals surface area contributed by atoms with Crippen LogP contribution < -0.4 is 0 Å². The van der Waals surface area contributed by atoms with Gasteiger partial charge in [0, 0.05) is 0 Å². The first-order valence-corrected chi connectivity index (χ1v) is 4.75. The highest BCUT2D eigenvalue weighted by Crippen LogP contribution is 2.30. The fourth-order valence-electron chi connectivity index (χ4n) is 1.09. The van der Waals surface area contributed by atoms with Crippen molar-refractivity contribution in [3.05, 3.63) is 0 Å². The molecule has 66 valence electrons. The minimum atomic E-state index is 0.150. The SMILES string of the molecule is CCN(CC)B(Cl)C(C)(C)C. The average Bonchev–Trinajstić information content (AvgIpc) is 1.88. The molecule has 0 aromatic rings. The van der Waals surface area contributed by atoms with Gasteiger partial charge in [-0.2, -0.15) is 11.5 Å². The van der Waals surface area contributed by atoms with Gasteiger partial charge in [0.25, 0.3) is 0 Å². The molecule has 1 nitrogen and oxygen atoms in total. The number of hydrogen-bond acceptors (Lipinski definition) is 1. The highest BCUT2D eigenvalue weighted by molar-refractivity contribution is 7.06. The first-order valence-electron chi connectivity index (χ1n) is 4.31. The fraction of sp³-hybridized carbons (Fsp3) is 1.00. The highest BCUT2D eigenvalue weighted by Gasteiger charge is 2.31. The monoisotopic (exact) mass is 175 g/mol. The van der Waals surface area contributed by atoms with Crippen molar-refractivity contribution in [2.24, 2.45) is 0 Å². The number of halogens is 1. The van der Waals surface area contributed by atoms with Crippen molar-refractivity contribution in [2.45, 2.75) is 39.9 Å². The second-order valence-corrected chi connectivity index (χ2v) is 4.34. The molecule has 11 heavy (non-hydrogen) atoms. The van der Waals surface area contributed by atoms with E-state index in [0.29, 0.717) is 0 Å². The minimum absolute atomic E-state index is 0.150. The molecule has 0 saturated carbocycles. The summed E-state index contributed by atoms with van der Waals surface area (Å²) in [4.78, 5) is 2.27. The molecule has 0 aromatic heterocycles. The Morgan fingerprint density at radius 1 is 1.18 bits per heavy atom. The van der Waals surface area contributed by atoms with E-state index in [1.54, 1.807) is 0 Å². The molecular weight excluding hydrogens is 156 g/mol. The van der Waals surface area contributed by atoms with E-state index in [-0.39, 0.29) is 11.6 Å². The van der Waals surface area contributed by atoms with Gasteiger partial charge < -0.3 is 4.81 Å². The van der Waals surface area contributed by atoms with Crippen LogP contribution in [0.4, 0.5) is 0 Å². The Kier molecular flexibility index (Phi) is 4.49. The lowest BCUT2D eigenvalue weighted by Gasteiger charge is -2.31. The lowest BCUT2D eigenvalue weighted by molar-refractivity contribution is 0.464. The van der Waals surface area contributed by atoms with E-state index in [1.807, 2.05) is 0 Å². The van der Waals surface area contributed by atoms with Crippen LogP contribution in [-0.4, -0.2) is 24.2 Å². The van der Waals surface area contributed by atoms with Gasteiger partial charge in [-0.05, 0) is 18.4 Å². The van der Waals surface area contributed by atoms with E-state index in [9.17, 15) is 0 Å². The maximum Gasteiger partial charge on any atom is 0.336 e. The molecule has 0 N–H and O–H groups in total. The van der Waals surface area contributed by atoms with Crippen molar-refractivity contribution in [1.82, 2.24) is 4.81 Å². The second-order valence-electron chi connectivity index (χ2n) is 3.92. The Morgan fingerprint density at radius 3 is 1.64 bits per heavy atom. The van der Waals surface area contributed by atoms with Crippen LogP contribution in [0.25, 0.3) is 0 Å². The molecule has 0 aliphatic heterocycles. The molecule has 0 aliphatic rings. The van der Waals surface area contributed by atoms with E-state index in [4.69, 9.17) is 11.5 Å². The lowest BCUT2D eigenvalue weighted by Crippen LogP contribution is -2.41. The van der Waals surface area contributed by atoms with Crippen LogP contribution in [0.3, 0.4) is 0 Å². The van der Waals surface area contributed by atoms with Gasteiger partial charge in [0.05, 0.1) is 0 Å². The van der Waals surface area contributed by atoms with E-state index in [2.05, 4.69) is 39.4 Å². The summed E-state index contributed by atoms with van der Waals surface area (Å²) in [5.41, 5.74) is 0. The zero-order chi connectivity index (χ0) is 9.07. The summed E-state index contributed by atoms with van der Waals surface area (Å²) >= 11 is 6.25. The van der Waals surface area contributed by atoms with Gasteiger partial charge in [-0.1, -0.05) is 34.6 Å². The standard InChI is InChI=1S/C8H19BClN/c1-6-11(7-2)9(10)8(3,4)5/h6-7H2,1-5H3. The van der Waals surface area contributed by atoms with Crippen LogP contribution in [0.1, 0.15) is 34.6 Å². The van der Waals surface area contributed by atoms with Gasteiger partial charge in [-0.3, -0.25) is 0 Å². The Hall–Kier alpha value is 0.315. The molecule has 0 aromatic carbocycles. The normalized spacial score (nSPS) is 12.3. The second kappa shape index (κ2) is 4.37. The third-order valence-corrected chi connectivity index (χ3v) is 2.78. The third-order valence-electron chi connectivity index (χ3n) is 1.85. The van der Waals surface area contributed by atoms with Gasteiger partial charge in [-0.25, -0.2) is 0 Å². The first kappa shape index (κ1) is 11.3. The van der Waals surface area contributed by atoms with Gasteiger partial charge in [0.2, 0.25) is 0 Å². The maximum atomic E-state index is 6.25. The summed E-state index contributed by atoms with van der Waals surface area (Å²) in [6.07, 6.45) is 0.150. The number of hydrogen-bond donors (Lipinski definition) is 0. The quantitative estimate of drug-likeness (QED) is 0.596. The molecule has 0 bridgehead atoms. The van der Waals surface area contributed by atoms with Crippen molar-refractivity contribution in [2.75, 3.05) is 13.1 Å². The summed E-state index contributed by atoms with van der Waals surface area (Å²) in [7, 11) is 0. The Labute approximate surface area is 76.1 Å². The smallest absolute Gasteiger partial charge is 0.329 e. The molecule has 0 heterocycles. The molecular formula is C8H19BClN. The molecule has 3 heteroatoms. The molecule has 0 fully saturated rings. The summed E-state index contributed by atoms with van der Waals surface area (Å²) in [6, 6.07) is 0. The molecule has 0 amide bonds. The van der Waals surface area contributed by atoms with Gasteiger partial charge in [-0.15, -0.1) is 0 Å². The zero-order valence-electron chi connectivity index (χ0n) is 8.32.